The molecule has 5 heterocycles. The molecule has 0 unspecified atom stereocenters. The molecule has 23 nitrogen and oxygen atoms in total. The Morgan fingerprint density at radius 3 is 1.45 bits per heavy atom. The van der Waals surface area contributed by atoms with Gasteiger partial charge in [-0.15, -0.1) is 0 Å². The molecule has 5 rings (SSSR count). The predicted octanol–water partition coefficient (Wildman–Crippen LogP) is -7.02. The minimum atomic E-state index is -1.96. The molecular formula is C33H57NO22. The molecule has 0 spiro atoms. The lowest BCUT2D eigenvalue weighted by Gasteiger charge is -2.50. The number of rotatable bonds is 11. The number of nitrogens with one attached hydrogen (secondary N) is 1. The van der Waals surface area contributed by atoms with E-state index in [0.29, 0.717) is 0 Å². The molecule has 0 bridgehead atoms. The maximum absolute atomic E-state index is 12.5. The van der Waals surface area contributed by atoms with Crippen LogP contribution in [-0.4, -0.2) is 229 Å². The molecule has 0 saturated carbocycles. The minimum Gasteiger partial charge on any atom is -0.394 e. The normalized spacial score (nSPS) is 53.1. The first-order chi connectivity index (χ1) is 26.3. The van der Waals surface area contributed by atoms with Gasteiger partial charge in [-0.3, -0.25) is 4.79 Å². The Bertz CT molecular complexity index is 1270. The van der Waals surface area contributed by atoms with Crippen molar-refractivity contribution >= 4 is 5.91 Å². The average molecular weight is 820 g/mol. The molecule has 5 aliphatic rings. The fraction of sp³-hybridized carbons (Fsp3) is 0.970. The predicted molar refractivity (Wildman–Crippen MR) is 177 cm³/mol. The van der Waals surface area contributed by atoms with Crippen molar-refractivity contribution in [3.05, 3.63) is 0 Å². The van der Waals surface area contributed by atoms with Gasteiger partial charge in [0.1, 0.15) is 97.6 Å². The summed E-state index contributed by atoms with van der Waals surface area (Å²) in [6.07, 6.45) is -37.0. The summed E-state index contributed by atoms with van der Waals surface area (Å²) in [5.41, 5.74) is 0. The Balaban J connectivity index is 1.39. The molecule has 0 aliphatic carbocycles. The topological polar surface area (TPSA) is 344 Å². The van der Waals surface area contributed by atoms with Crippen LogP contribution in [-0.2, 0) is 52.2 Å². The highest BCUT2D eigenvalue weighted by molar-refractivity contribution is 5.73. The maximum atomic E-state index is 12.5. The molecule has 0 radical (unpaired) electrons. The number of aliphatic hydroxyl groups is 11. The van der Waals surface area contributed by atoms with Crippen molar-refractivity contribution < 1.29 is 108 Å². The van der Waals surface area contributed by atoms with E-state index in [4.69, 9.17) is 47.4 Å². The van der Waals surface area contributed by atoms with Crippen LogP contribution in [0.15, 0.2) is 0 Å². The number of carbonyl (C=O) groups is 1. The lowest BCUT2D eigenvalue weighted by Crippen LogP contribution is -2.69. The van der Waals surface area contributed by atoms with E-state index in [0.717, 1.165) is 6.92 Å². The van der Waals surface area contributed by atoms with Crippen LogP contribution in [0.1, 0.15) is 34.6 Å². The summed E-state index contributed by atoms with van der Waals surface area (Å²) in [4.78, 5) is 12.5. The van der Waals surface area contributed by atoms with Crippen LogP contribution >= 0.6 is 0 Å². The zero-order chi connectivity index (χ0) is 41.5. The molecule has 1 amide bonds. The fourth-order valence-electron chi connectivity index (χ4n) is 7.34. The van der Waals surface area contributed by atoms with Gasteiger partial charge in [-0.05, 0) is 27.7 Å². The second-order valence-corrected chi connectivity index (χ2v) is 14.8. The van der Waals surface area contributed by atoms with Crippen molar-refractivity contribution in [3.63, 3.8) is 0 Å². The standard InChI is InChI=1S/C33H57NO22/c1-8-15(37)20(42)23(45)30(48-8)56-28-22(44)17(39)10(3)51-33(28)54-26-18(40)11(4)49-31(24(26)46)53-25-14(34-12(5)36)29(52-13(7-35)19(25)41)55-27-21(43)16(38)9(2)50-32(27)47-6/h8-11,13-33,35,37-46H,7H2,1-6H3,(H,34,36)/t8-,9-,10-,11-,13+,14+,15-,16-,17-,18-,19+,20+,21+,22+,23+,24+,25+,26+,27+,28+,29-,30-,31-,32+,33-/m0/s1. The summed E-state index contributed by atoms with van der Waals surface area (Å²) in [7, 11) is 1.26. The van der Waals surface area contributed by atoms with Crippen LogP contribution in [0, 0.1) is 0 Å². The number of hydrogen-bond donors (Lipinski definition) is 12. The van der Waals surface area contributed by atoms with Crippen LogP contribution in [0.3, 0.4) is 0 Å². The van der Waals surface area contributed by atoms with Crippen molar-refractivity contribution in [2.75, 3.05) is 13.7 Å². The molecular weight excluding hydrogens is 762 g/mol. The Hall–Kier alpha value is -1.37. The van der Waals surface area contributed by atoms with Crippen molar-refractivity contribution in [1.82, 2.24) is 5.32 Å². The quantitative estimate of drug-likeness (QED) is 0.0921. The number of carbonyl (C=O) groups excluding carboxylic acids is 1. The summed E-state index contributed by atoms with van der Waals surface area (Å²) in [6, 6.07) is -1.47. The highest BCUT2D eigenvalue weighted by Crippen LogP contribution is 2.36. The van der Waals surface area contributed by atoms with E-state index in [-0.39, 0.29) is 0 Å². The number of methoxy groups -OCH3 is 1. The third-order valence-corrected chi connectivity index (χ3v) is 10.8. The van der Waals surface area contributed by atoms with E-state index in [1.54, 1.807) is 0 Å². The summed E-state index contributed by atoms with van der Waals surface area (Å²) in [5, 5.41) is 121. The van der Waals surface area contributed by atoms with Gasteiger partial charge in [-0.2, -0.15) is 0 Å². The minimum absolute atomic E-state index is 0.679. The highest BCUT2D eigenvalue weighted by Gasteiger charge is 2.56. The van der Waals surface area contributed by atoms with E-state index in [1.807, 2.05) is 0 Å². The van der Waals surface area contributed by atoms with Gasteiger partial charge in [-0.1, -0.05) is 0 Å². The second-order valence-electron chi connectivity index (χ2n) is 14.8. The zero-order valence-electron chi connectivity index (χ0n) is 31.6. The van der Waals surface area contributed by atoms with Crippen molar-refractivity contribution in [2.45, 2.75) is 188 Å². The van der Waals surface area contributed by atoms with Gasteiger partial charge >= 0.3 is 0 Å². The first-order valence-electron chi connectivity index (χ1n) is 18.4. The van der Waals surface area contributed by atoms with Crippen LogP contribution in [0.4, 0.5) is 0 Å². The zero-order valence-corrected chi connectivity index (χ0v) is 31.6. The van der Waals surface area contributed by atoms with E-state index in [2.05, 4.69) is 5.32 Å². The molecule has 326 valence electrons. The second kappa shape index (κ2) is 18.9. The third-order valence-electron chi connectivity index (χ3n) is 10.8. The van der Waals surface area contributed by atoms with Crippen LogP contribution < -0.4 is 5.32 Å². The van der Waals surface area contributed by atoms with Crippen molar-refractivity contribution in [1.29, 1.82) is 0 Å². The molecule has 0 aromatic heterocycles. The summed E-state index contributed by atoms with van der Waals surface area (Å²) >= 11 is 0. The van der Waals surface area contributed by atoms with Crippen molar-refractivity contribution in [3.8, 4) is 0 Å². The van der Waals surface area contributed by atoms with Gasteiger partial charge in [0.05, 0.1) is 31.0 Å². The van der Waals surface area contributed by atoms with Gasteiger partial charge in [0.25, 0.3) is 0 Å². The molecule has 23 heteroatoms. The van der Waals surface area contributed by atoms with E-state index < -0.39 is 166 Å². The van der Waals surface area contributed by atoms with Gasteiger partial charge in [0, 0.05) is 14.0 Å². The van der Waals surface area contributed by atoms with Gasteiger partial charge in [0.15, 0.2) is 31.5 Å². The smallest absolute Gasteiger partial charge is 0.217 e. The van der Waals surface area contributed by atoms with Crippen LogP contribution in [0.2, 0.25) is 0 Å². The highest BCUT2D eigenvalue weighted by atomic mass is 16.8. The largest absolute Gasteiger partial charge is 0.394 e. The number of amides is 1. The van der Waals surface area contributed by atoms with E-state index >= 15 is 0 Å². The molecule has 12 N–H and O–H groups in total. The van der Waals surface area contributed by atoms with E-state index in [9.17, 15) is 61.0 Å². The average Bonchev–Trinajstić information content (AvgIpc) is 3.15. The first kappa shape index (κ1) is 45.7. The lowest BCUT2D eigenvalue weighted by atomic mass is 9.94. The van der Waals surface area contributed by atoms with Crippen LogP contribution in [0.25, 0.3) is 0 Å². The molecule has 0 aromatic carbocycles. The Labute approximate surface area is 321 Å². The summed E-state index contributed by atoms with van der Waals surface area (Å²) < 4.78 is 57.6. The number of hydrogen-bond acceptors (Lipinski definition) is 22. The van der Waals surface area contributed by atoms with Gasteiger partial charge in [-0.25, -0.2) is 0 Å². The monoisotopic (exact) mass is 819 g/mol. The maximum Gasteiger partial charge on any atom is 0.217 e. The lowest BCUT2D eigenvalue weighted by molar-refractivity contribution is -0.391. The van der Waals surface area contributed by atoms with Crippen LogP contribution in [0.5, 0.6) is 0 Å². The third kappa shape index (κ3) is 9.33. The molecule has 56 heavy (non-hydrogen) atoms. The Kier molecular flexibility index (Phi) is 15.4. The van der Waals surface area contributed by atoms with E-state index in [1.165, 1.54) is 34.8 Å². The first-order valence-corrected chi connectivity index (χ1v) is 18.4. The Morgan fingerprint density at radius 1 is 0.482 bits per heavy atom. The summed E-state index contributed by atoms with van der Waals surface area (Å²) in [6.45, 7) is 5.97. The number of ether oxygens (including phenoxy) is 10. The van der Waals surface area contributed by atoms with Gasteiger partial charge in [0.2, 0.25) is 5.91 Å². The summed E-state index contributed by atoms with van der Waals surface area (Å²) in [5.74, 6) is -0.679. The molecule has 5 aliphatic heterocycles. The molecule has 5 fully saturated rings. The number of aliphatic hydroxyl groups excluding tert-OH is 11. The fourth-order valence-corrected chi connectivity index (χ4v) is 7.34. The molecule has 25 atom stereocenters. The Morgan fingerprint density at radius 2 is 0.911 bits per heavy atom. The van der Waals surface area contributed by atoms with Gasteiger partial charge < -0.3 is 109 Å². The molecule has 0 aromatic rings. The molecule has 5 saturated heterocycles. The van der Waals surface area contributed by atoms with Crippen molar-refractivity contribution in [2.24, 2.45) is 0 Å². The SMILES string of the molecule is CO[C@@H]1O[C@@H](C)[C@H](O)[C@@H](O)[C@H]1O[C@@H]1O[C@H](CO)[C@@H](O)[C@H](O[C@@H]2O[C@@H](C)[C@H](O)[C@@H](O[C@@H]3O[C@@H](C)[C@H](O)[C@@H](O)[C@H]3O[C@@H]3O[C@@H](C)[C@H](O)[C@@H](O)[C@H]3O)[C@H]2O)[C@H]1NC(C)=O.